The summed E-state index contributed by atoms with van der Waals surface area (Å²) in [5.74, 6) is -2.24. The number of likely N-dealkylation sites (tertiary alicyclic amines) is 1. The highest BCUT2D eigenvalue weighted by atomic mass is 19.2. The summed E-state index contributed by atoms with van der Waals surface area (Å²) in [4.78, 5) is 14.2. The van der Waals surface area contributed by atoms with E-state index in [1.54, 1.807) is 20.8 Å². The van der Waals surface area contributed by atoms with Gasteiger partial charge in [0.2, 0.25) is 5.82 Å². The minimum absolute atomic E-state index is 0.190. The van der Waals surface area contributed by atoms with Crippen LogP contribution >= 0.6 is 0 Å². The van der Waals surface area contributed by atoms with Crippen LogP contribution in [0, 0.1) is 11.6 Å². The van der Waals surface area contributed by atoms with E-state index in [0.717, 1.165) is 25.6 Å². The molecule has 1 atom stereocenters. The lowest BCUT2D eigenvalue weighted by molar-refractivity contribution is 0.0478. The maximum atomic E-state index is 13.8. The van der Waals surface area contributed by atoms with E-state index in [1.807, 2.05) is 0 Å². The quantitative estimate of drug-likeness (QED) is 0.892. The first-order valence-corrected chi connectivity index (χ1v) is 7.94. The van der Waals surface area contributed by atoms with Gasteiger partial charge in [0.15, 0.2) is 11.6 Å². The van der Waals surface area contributed by atoms with Gasteiger partial charge >= 0.3 is 6.09 Å². The number of methoxy groups -OCH3 is 1. The monoisotopic (exact) mass is 342 g/mol. The molecular formula is C17H24F2N2O3. The number of nitrogens with zero attached hydrogens (tertiary/aromatic N) is 1. The molecule has 24 heavy (non-hydrogen) atoms. The Labute approximate surface area is 140 Å². The molecule has 5 nitrogen and oxygen atoms in total. The zero-order valence-electron chi connectivity index (χ0n) is 14.5. The van der Waals surface area contributed by atoms with Gasteiger partial charge in [-0.15, -0.1) is 0 Å². The lowest BCUT2D eigenvalue weighted by Gasteiger charge is -2.35. The largest absolute Gasteiger partial charge is 0.494 e. The average Bonchev–Trinajstić information content (AvgIpc) is 2.42. The molecule has 0 aliphatic carbocycles. The zero-order valence-corrected chi connectivity index (χ0v) is 14.5. The van der Waals surface area contributed by atoms with Crippen LogP contribution in [0.1, 0.15) is 38.8 Å². The third-order valence-electron chi connectivity index (χ3n) is 3.72. The van der Waals surface area contributed by atoms with Crippen molar-refractivity contribution >= 4 is 6.09 Å². The van der Waals surface area contributed by atoms with Gasteiger partial charge in [-0.2, -0.15) is 4.39 Å². The Bertz CT molecular complexity index is 598. The van der Waals surface area contributed by atoms with Gasteiger partial charge in [-0.25, -0.2) is 9.18 Å². The minimum atomic E-state index is -1.04. The number of carbonyl (C=O) groups excluding carboxylic acids is 1. The van der Waals surface area contributed by atoms with Crippen LogP contribution in [0.15, 0.2) is 12.1 Å². The van der Waals surface area contributed by atoms with E-state index >= 15 is 0 Å². The highest BCUT2D eigenvalue weighted by molar-refractivity contribution is 5.68. The van der Waals surface area contributed by atoms with Crippen molar-refractivity contribution in [1.82, 2.24) is 10.2 Å². The van der Waals surface area contributed by atoms with Crippen molar-refractivity contribution in [3.05, 3.63) is 29.3 Å². The fraction of sp³-hybridized carbons (Fsp3) is 0.588. The Morgan fingerprint density at radius 3 is 2.50 bits per heavy atom. The molecule has 2 rings (SSSR count). The van der Waals surface area contributed by atoms with E-state index in [9.17, 15) is 13.6 Å². The second kappa shape index (κ2) is 7.34. The lowest BCUT2D eigenvalue weighted by atomic mass is 10.0. The average molecular weight is 342 g/mol. The van der Waals surface area contributed by atoms with Crippen molar-refractivity contribution in [3.63, 3.8) is 0 Å². The van der Waals surface area contributed by atoms with Crippen LogP contribution in [0.5, 0.6) is 5.75 Å². The molecule has 1 heterocycles. The minimum Gasteiger partial charge on any atom is -0.494 e. The lowest BCUT2D eigenvalue weighted by Crippen LogP contribution is -2.45. The molecular weight excluding hydrogens is 318 g/mol. The first-order chi connectivity index (χ1) is 11.2. The number of alkyl carbamates (subject to hydrolysis) is 1. The summed E-state index contributed by atoms with van der Waals surface area (Å²) >= 11 is 0. The zero-order chi connectivity index (χ0) is 17.9. The van der Waals surface area contributed by atoms with E-state index in [4.69, 9.17) is 9.47 Å². The van der Waals surface area contributed by atoms with E-state index < -0.39 is 29.4 Å². The Morgan fingerprint density at radius 1 is 1.33 bits per heavy atom. The molecule has 0 unspecified atom stereocenters. The summed E-state index contributed by atoms with van der Waals surface area (Å²) in [6.45, 7) is 7.60. The summed E-state index contributed by atoms with van der Waals surface area (Å²) in [7, 11) is 1.27. The van der Waals surface area contributed by atoms with Crippen molar-refractivity contribution in [2.24, 2.45) is 0 Å². The Hall–Kier alpha value is -1.89. The number of rotatable bonds is 5. The van der Waals surface area contributed by atoms with Gasteiger partial charge in [0.05, 0.1) is 13.2 Å². The van der Waals surface area contributed by atoms with Crippen molar-refractivity contribution in [2.75, 3.05) is 26.7 Å². The van der Waals surface area contributed by atoms with Gasteiger partial charge < -0.3 is 19.7 Å². The summed E-state index contributed by atoms with van der Waals surface area (Å²) in [6.07, 6.45) is 0.483. The van der Waals surface area contributed by atoms with Crippen LogP contribution in [0.25, 0.3) is 0 Å². The normalized spacial score (nSPS) is 16.2. The second-order valence-electron chi connectivity index (χ2n) is 6.87. The van der Waals surface area contributed by atoms with Crippen molar-refractivity contribution in [1.29, 1.82) is 0 Å². The summed E-state index contributed by atoms with van der Waals surface area (Å²) in [5.41, 5.74) is -0.208. The van der Waals surface area contributed by atoms with E-state index in [2.05, 4.69) is 10.2 Å². The van der Waals surface area contributed by atoms with Crippen LogP contribution < -0.4 is 10.1 Å². The third-order valence-corrected chi connectivity index (χ3v) is 3.72. The molecule has 1 aromatic carbocycles. The Morgan fingerprint density at radius 2 is 2.00 bits per heavy atom. The van der Waals surface area contributed by atoms with Gasteiger partial charge in [-0.3, -0.25) is 0 Å². The topological polar surface area (TPSA) is 50.8 Å². The van der Waals surface area contributed by atoms with Gasteiger partial charge in [0.25, 0.3) is 0 Å². The number of hydrogen-bond donors (Lipinski definition) is 1. The van der Waals surface area contributed by atoms with Crippen molar-refractivity contribution in [3.8, 4) is 5.75 Å². The number of amides is 1. The highest BCUT2D eigenvalue weighted by Gasteiger charge is 2.26. The summed E-state index contributed by atoms with van der Waals surface area (Å²) in [6, 6.07) is 1.96. The molecule has 1 saturated heterocycles. The third kappa shape index (κ3) is 4.80. The second-order valence-corrected chi connectivity index (χ2v) is 6.87. The predicted octanol–water partition coefficient (Wildman–Crippen LogP) is 3.24. The highest BCUT2D eigenvalue weighted by Crippen LogP contribution is 2.27. The molecule has 0 saturated carbocycles. The molecule has 0 bridgehead atoms. The molecule has 134 valence electrons. The maximum absolute atomic E-state index is 13.8. The maximum Gasteiger partial charge on any atom is 0.408 e. The van der Waals surface area contributed by atoms with Crippen LogP contribution in [-0.2, 0) is 4.74 Å². The SMILES string of the molecule is COc1cc([C@@H](CN2CCC2)NC(=O)OC(C)(C)C)cc(F)c1F. The molecule has 1 N–H and O–H groups in total. The van der Waals surface area contributed by atoms with Crippen molar-refractivity contribution < 1.29 is 23.0 Å². The number of nitrogens with one attached hydrogen (secondary N) is 1. The molecule has 1 amide bonds. The number of benzene rings is 1. The number of hydrogen-bond acceptors (Lipinski definition) is 4. The van der Waals surface area contributed by atoms with Crippen LogP contribution in [0.2, 0.25) is 0 Å². The molecule has 1 aliphatic heterocycles. The van der Waals surface area contributed by atoms with Crippen LogP contribution in [0.4, 0.5) is 13.6 Å². The Kier molecular flexibility index (Phi) is 5.64. The fourth-order valence-corrected chi connectivity index (χ4v) is 2.44. The molecule has 0 spiro atoms. The van der Waals surface area contributed by atoms with Gasteiger partial charge in [-0.05, 0) is 58.0 Å². The number of halogens is 2. The van der Waals surface area contributed by atoms with Gasteiger partial charge in [0, 0.05) is 6.54 Å². The van der Waals surface area contributed by atoms with E-state index in [1.165, 1.54) is 13.2 Å². The summed E-state index contributed by atoms with van der Waals surface area (Å²) in [5, 5.41) is 2.74. The van der Waals surface area contributed by atoms with Crippen LogP contribution in [-0.4, -0.2) is 43.3 Å². The number of carbonyl (C=O) groups is 1. The number of ether oxygens (including phenoxy) is 2. The van der Waals surface area contributed by atoms with Crippen LogP contribution in [0.3, 0.4) is 0 Å². The van der Waals surface area contributed by atoms with E-state index in [0.29, 0.717) is 12.1 Å². The molecule has 0 radical (unpaired) electrons. The van der Waals surface area contributed by atoms with E-state index in [-0.39, 0.29) is 5.75 Å². The standard InChI is InChI=1S/C17H24F2N2O3/c1-17(2,3)24-16(22)20-13(10-21-6-5-7-21)11-8-12(18)15(19)14(9-11)23-4/h8-9,13H,5-7,10H2,1-4H3,(H,20,22)/t13-/m1/s1. The van der Waals surface area contributed by atoms with Crippen molar-refractivity contribution in [2.45, 2.75) is 38.8 Å². The smallest absolute Gasteiger partial charge is 0.408 e. The molecule has 1 fully saturated rings. The van der Waals surface area contributed by atoms with Gasteiger partial charge in [-0.1, -0.05) is 0 Å². The summed E-state index contributed by atoms with van der Waals surface area (Å²) < 4.78 is 37.6. The molecule has 0 aromatic heterocycles. The van der Waals surface area contributed by atoms with Gasteiger partial charge in [0.1, 0.15) is 5.60 Å². The molecule has 1 aromatic rings. The fourth-order valence-electron chi connectivity index (χ4n) is 2.44. The Balaban J connectivity index is 2.22. The molecule has 1 aliphatic rings. The first-order valence-electron chi connectivity index (χ1n) is 7.94. The predicted molar refractivity (Wildman–Crippen MR) is 86.1 cm³/mol. The first kappa shape index (κ1) is 18.4. The molecule has 7 heteroatoms.